The van der Waals surface area contributed by atoms with Crippen molar-refractivity contribution >= 4 is 29.4 Å². The molecule has 0 saturated heterocycles. The zero-order valence-electron chi connectivity index (χ0n) is 18.0. The van der Waals surface area contributed by atoms with Gasteiger partial charge in [0.1, 0.15) is 11.5 Å². The molecule has 0 radical (unpaired) electrons. The lowest BCUT2D eigenvalue weighted by Gasteiger charge is -2.32. The fourth-order valence-corrected chi connectivity index (χ4v) is 3.10. The van der Waals surface area contributed by atoms with Crippen molar-refractivity contribution in [3.63, 3.8) is 0 Å². The topological polar surface area (TPSA) is 156 Å². The van der Waals surface area contributed by atoms with E-state index in [1.165, 1.54) is 23.1 Å². The molecule has 3 aromatic heterocycles. The van der Waals surface area contributed by atoms with E-state index in [1.807, 2.05) is 0 Å². The molecule has 0 aliphatic rings. The lowest BCUT2D eigenvalue weighted by atomic mass is 10.1. The summed E-state index contributed by atoms with van der Waals surface area (Å²) in [6, 6.07) is 8.11. The van der Waals surface area contributed by atoms with Crippen LogP contribution in [0.5, 0.6) is 0 Å². The van der Waals surface area contributed by atoms with Crippen LogP contribution in [0.2, 0.25) is 0 Å². The van der Waals surface area contributed by atoms with E-state index < -0.39 is 23.4 Å². The molecule has 0 unspecified atom stereocenters. The molecule has 0 fully saturated rings. The van der Waals surface area contributed by atoms with Crippen LogP contribution in [0.4, 0.5) is 16.3 Å². The number of hydrogen-bond acceptors (Lipinski definition) is 6. The first-order valence-corrected chi connectivity index (χ1v) is 9.59. The number of aromatic nitrogens is 4. The third-order valence-electron chi connectivity index (χ3n) is 4.42. The molecule has 3 heterocycles. The number of aryl methyl sites for hydroxylation is 1. The maximum atomic E-state index is 12.7. The smallest absolute Gasteiger partial charge is 0.413 e. The molecule has 32 heavy (non-hydrogen) atoms. The van der Waals surface area contributed by atoms with Crippen LogP contribution in [-0.4, -0.2) is 48.3 Å². The Morgan fingerprint density at radius 1 is 1.19 bits per heavy atom. The number of nitrogens with one attached hydrogen (secondary N) is 1. The summed E-state index contributed by atoms with van der Waals surface area (Å²) in [6.07, 6.45) is 1.81. The number of nitrogens with zero attached hydrogens (tertiary/aromatic N) is 5. The molecular weight excluding hydrogens is 414 g/mol. The molecule has 4 N–H and O–H groups in total. The predicted octanol–water partition coefficient (Wildman–Crippen LogP) is 2.51. The van der Waals surface area contributed by atoms with E-state index in [4.69, 9.17) is 5.73 Å². The second-order valence-electron chi connectivity index (χ2n) is 7.98. The van der Waals surface area contributed by atoms with Gasteiger partial charge in [-0.25, -0.2) is 14.8 Å². The fourth-order valence-electron chi connectivity index (χ4n) is 3.10. The number of anilines is 2. The van der Waals surface area contributed by atoms with E-state index >= 15 is 0 Å². The van der Waals surface area contributed by atoms with Crippen LogP contribution in [0.25, 0.3) is 11.3 Å². The summed E-state index contributed by atoms with van der Waals surface area (Å²) >= 11 is 0. The Balaban J connectivity index is 1.92. The van der Waals surface area contributed by atoms with Crippen LogP contribution in [-0.2, 0) is 7.05 Å². The number of nitrogens with two attached hydrogens (primary N) is 1. The van der Waals surface area contributed by atoms with Gasteiger partial charge in [0.05, 0.1) is 11.4 Å². The average molecular weight is 437 g/mol. The molecule has 0 saturated carbocycles. The summed E-state index contributed by atoms with van der Waals surface area (Å²) in [4.78, 5) is 45.7. The number of carbonyl (C=O) groups excluding carboxylic acids is 2. The van der Waals surface area contributed by atoms with Gasteiger partial charge in [-0.2, -0.15) is 5.10 Å². The van der Waals surface area contributed by atoms with Gasteiger partial charge in [-0.15, -0.1) is 0 Å². The summed E-state index contributed by atoms with van der Waals surface area (Å²) in [5.74, 6) is -1.09. The molecule has 0 aliphatic heterocycles. The van der Waals surface area contributed by atoms with Crippen LogP contribution >= 0.6 is 0 Å². The van der Waals surface area contributed by atoms with Crippen LogP contribution in [0.1, 0.15) is 41.7 Å². The summed E-state index contributed by atoms with van der Waals surface area (Å²) in [5, 5.41) is 16.1. The van der Waals surface area contributed by atoms with Gasteiger partial charge in [-0.05, 0) is 45.0 Å². The van der Waals surface area contributed by atoms with Crippen LogP contribution in [0.3, 0.4) is 0 Å². The third-order valence-corrected chi connectivity index (χ3v) is 4.42. The van der Waals surface area contributed by atoms with Gasteiger partial charge in [0, 0.05) is 30.5 Å². The maximum Gasteiger partial charge on any atom is 0.413 e. The minimum absolute atomic E-state index is 0.0632. The molecule has 0 aliphatic carbocycles. The number of primary amides is 1. The van der Waals surface area contributed by atoms with Gasteiger partial charge < -0.3 is 16.2 Å². The second kappa shape index (κ2) is 8.46. The highest BCUT2D eigenvalue weighted by molar-refractivity contribution is 6.07. The van der Waals surface area contributed by atoms with Crippen molar-refractivity contribution in [3.05, 3.63) is 54.1 Å². The molecule has 3 rings (SSSR count). The Morgan fingerprint density at radius 2 is 1.91 bits per heavy atom. The van der Waals surface area contributed by atoms with Crippen LogP contribution < -0.4 is 16.0 Å². The first kappa shape index (κ1) is 22.4. The van der Waals surface area contributed by atoms with Crippen molar-refractivity contribution < 1.29 is 19.5 Å². The standard InChI is InChI=1S/C21H23N7O4/c1-21(2,3)28(20(31)32)16-10-12(8-9-23-16)13-6-5-7-14(24-13)19(30)25-15-11-27(4)26-17(15)18(22)29/h5-11H,1-4H3,(H2,22,29)(H,25,30)(H,31,32). The highest BCUT2D eigenvalue weighted by Gasteiger charge is 2.29. The number of carboxylic acid groups (broad SMARTS) is 1. The molecule has 3 amide bonds. The second-order valence-corrected chi connectivity index (χ2v) is 7.98. The lowest BCUT2D eigenvalue weighted by Crippen LogP contribution is -2.45. The zero-order valence-corrected chi connectivity index (χ0v) is 18.0. The maximum absolute atomic E-state index is 12.7. The van der Waals surface area contributed by atoms with Gasteiger partial charge in [0.15, 0.2) is 5.69 Å². The summed E-state index contributed by atoms with van der Waals surface area (Å²) in [5.41, 5.74) is 5.81. The predicted molar refractivity (Wildman–Crippen MR) is 117 cm³/mol. The minimum atomic E-state index is -1.13. The van der Waals surface area contributed by atoms with E-state index in [1.54, 1.807) is 52.1 Å². The summed E-state index contributed by atoms with van der Waals surface area (Å²) in [7, 11) is 1.60. The van der Waals surface area contributed by atoms with Gasteiger partial charge >= 0.3 is 6.09 Å². The van der Waals surface area contributed by atoms with E-state index in [-0.39, 0.29) is 22.9 Å². The number of rotatable bonds is 5. The number of amides is 3. The first-order valence-electron chi connectivity index (χ1n) is 9.59. The fraction of sp³-hybridized carbons (Fsp3) is 0.238. The van der Waals surface area contributed by atoms with Crippen molar-refractivity contribution in [1.82, 2.24) is 19.7 Å². The lowest BCUT2D eigenvalue weighted by molar-refractivity contribution is 0.0995. The average Bonchev–Trinajstić information content (AvgIpc) is 3.07. The molecule has 0 atom stereocenters. The highest BCUT2D eigenvalue weighted by Crippen LogP contribution is 2.26. The molecule has 0 spiro atoms. The highest BCUT2D eigenvalue weighted by atomic mass is 16.4. The zero-order chi connectivity index (χ0) is 23.6. The molecule has 0 bridgehead atoms. The van der Waals surface area contributed by atoms with Crippen molar-refractivity contribution in [2.24, 2.45) is 12.8 Å². The Hall–Kier alpha value is -4.28. The molecule has 11 nitrogen and oxygen atoms in total. The minimum Gasteiger partial charge on any atom is -0.465 e. The van der Waals surface area contributed by atoms with Crippen molar-refractivity contribution in [1.29, 1.82) is 0 Å². The summed E-state index contributed by atoms with van der Waals surface area (Å²) < 4.78 is 1.36. The van der Waals surface area contributed by atoms with E-state index in [0.29, 0.717) is 11.3 Å². The van der Waals surface area contributed by atoms with Crippen LogP contribution in [0.15, 0.2) is 42.7 Å². The number of carbonyl (C=O) groups is 3. The third kappa shape index (κ3) is 4.72. The molecule has 0 aromatic carbocycles. The van der Waals surface area contributed by atoms with Crippen molar-refractivity contribution in [3.8, 4) is 11.3 Å². The monoisotopic (exact) mass is 437 g/mol. The van der Waals surface area contributed by atoms with E-state index in [9.17, 15) is 19.5 Å². The van der Waals surface area contributed by atoms with Gasteiger partial charge in [0.2, 0.25) is 0 Å². The Bertz CT molecular complexity index is 1200. The molecule has 166 valence electrons. The largest absolute Gasteiger partial charge is 0.465 e. The van der Waals surface area contributed by atoms with Gasteiger partial charge in [-0.1, -0.05) is 6.07 Å². The Morgan fingerprint density at radius 3 is 2.53 bits per heavy atom. The van der Waals surface area contributed by atoms with Crippen molar-refractivity contribution in [2.75, 3.05) is 10.2 Å². The SMILES string of the molecule is Cn1cc(NC(=O)c2cccc(-c3ccnc(N(C(=O)O)C(C)(C)C)c3)n2)c(C(N)=O)n1. The van der Waals surface area contributed by atoms with Gasteiger partial charge in [0.25, 0.3) is 11.8 Å². The Kier molecular flexibility index (Phi) is 5.92. The Labute approximate surface area is 183 Å². The van der Waals surface area contributed by atoms with E-state index in [0.717, 1.165) is 4.90 Å². The molecule has 11 heteroatoms. The molecular formula is C21H23N7O4. The van der Waals surface area contributed by atoms with Crippen LogP contribution in [0, 0.1) is 0 Å². The number of pyridine rings is 2. The van der Waals surface area contributed by atoms with Crippen molar-refractivity contribution in [2.45, 2.75) is 26.3 Å². The quantitative estimate of drug-likeness (QED) is 0.553. The van der Waals surface area contributed by atoms with Gasteiger partial charge in [-0.3, -0.25) is 19.2 Å². The number of hydrogen-bond donors (Lipinski definition) is 3. The summed E-state index contributed by atoms with van der Waals surface area (Å²) in [6.45, 7) is 5.28. The normalized spacial score (nSPS) is 11.1. The molecule has 3 aromatic rings. The van der Waals surface area contributed by atoms with E-state index in [2.05, 4.69) is 20.4 Å². The first-order chi connectivity index (χ1) is 15.0.